The van der Waals surface area contributed by atoms with Gasteiger partial charge in [0, 0.05) is 38.7 Å². The van der Waals surface area contributed by atoms with E-state index in [1.54, 1.807) is 38.3 Å². The van der Waals surface area contributed by atoms with E-state index in [0.29, 0.717) is 36.7 Å². The predicted octanol–water partition coefficient (Wildman–Crippen LogP) is 4.08. The van der Waals surface area contributed by atoms with Gasteiger partial charge < -0.3 is 18.9 Å². The van der Waals surface area contributed by atoms with E-state index in [4.69, 9.17) is 9.47 Å². The second-order valence-electron chi connectivity index (χ2n) is 8.15. The van der Waals surface area contributed by atoms with Gasteiger partial charge in [0.1, 0.15) is 17.3 Å². The van der Waals surface area contributed by atoms with Crippen molar-refractivity contribution < 1.29 is 18.7 Å². The Morgan fingerprint density at radius 2 is 2.00 bits per heavy atom. The lowest BCUT2D eigenvalue weighted by Gasteiger charge is -2.24. The number of carbonyl (C=O) groups excluding carboxylic acids is 1. The van der Waals surface area contributed by atoms with Gasteiger partial charge in [-0.1, -0.05) is 18.2 Å². The van der Waals surface area contributed by atoms with Crippen LogP contribution in [0.15, 0.2) is 48.7 Å². The van der Waals surface area contributed by atoms with Crippen LogP contribution in [-0.4, -0.2) is 48.2 Å². The number of halogens is 1. The van der Waals surface area contributed by atoms with Crippen LogP contribution in [0.25, 0.3) is 0 Å². The van der Waals surface area contributed by atoms with Crippen molar-refractivity contribution in [1.82, 2.24) is 14.5 Å². The molecule has 2 heterocycles. The van der Waals surface area contributed by atoms with Gasteiger partial charge in [-0.15, -0.1) is 0 Å². The predicted molar refractivity (Wildman–Crippen MR) is 120 cm³/mol. The Kier molecular flexibility index (Phi) is 6.44. The molecule has 0 N–H and O–H groups in total. The van der Waals surface area contributed by atoms with Gasteiger partial charge >= 0.3 is 0 Å². The molecule has 0 bridgehead atoms. The number of fused-ring (bicyclic) bond motifs is 1. The molecule has 0 saturated carbocycles. The first-order chi connectivity index (χ1) is 15.5. The fourth-order valence-electron chi connectivity index (χ4n) is 4.21. The summed E-state index contributed by atoms with van der Waals surface area (Å²) in [6, 6.07) is 12.5. The van der Waals surface area contributed by atoms with Gasteiger partial charge in [-0.2, -0.15) is 0 Å². The summed E-state index contributed by atoms with van der Waals surface area (Å²) in [7, 11) is 5.00. The van der Waals surface area contributed by atoms with Crippen LogP contribution in [0.2, 0.25) is 0 Å². The summed E-state index contributed by atoms with van der Waals surface area (Å²) in [5, 5.41) is 0. The fraction of sp³-hybridized carbons (Fsp3) is 0.360. The first kappa shape index (κ1) is 21.9. The molecular formula is C25H28FN3O3. The van der Waals surface area contributed by atoms with Crippen molar-refractivity contribution in [3.05, 3.63) is 77.1 Å². The quantitative estimate of drug-likeness (QED) is 0.559. The Morgan fingerprint density at radius 3 is 2.75 bits per heavy atom. The van der Waals surface area contributed by atoms with Crippen LogP contribution in [0, 0.1) is 5.82 Å². The smallest absolute Gasteiger partial charge is 0.273 e. The summed E-state index contributed by atoms with van der Waals surface area (Å²) < 4.78 is 26.3. The highest BCUT2D eigenvalue weighted by Crippen LogP contribution is 2.30. The molecule has 7 heteroatoms. The number of ether oxygens (including phenoxy) is 2. The number of benzene rings is 2. The Balaban J connectivity index is 1.40. The molecule has 0 aliphatic carbocycles. The standard InChI is InChI=1S/C25H28FN3O3/c1-28(12-11-17-7-9-22(31-2)23(13-17)32-3)25(30)21-16-29-15-19(8-10-24(29)27-21)18-5-4-6-20(26)14-18/h4-7,9,13-14,16,19H,8,10-12,15H2,1-3H3. The number of methoxy groups -OCH3 is 2. The van der Waals surface area contributed by atoms with Crippen molar-refractivity contribution in [3.63, 3.8) is 0 Å². The second kappa shape index (κ2) is 9.42. The second-order valence-corrected chi connectivity index (χ2v) is 8.15. The highest BCUT2D eigenvalue weighted by atomic mass is 19.1. The highest BCUT2D eigenvalue weighted by molar-refractivity contribution is 5.92. The summed E-state index contributed by atoms with van der Waals surface area (Å²) in [4.78, 5) is 19.2. The zero-order valence-corrected chi connectivity index (χ0v) is 18.7. The number of amides is 1. The number of rotatable bonds is 7. The Labute approximate surface area is 187 Å². The van der Waals surface area contributed by atoms with E-state index in [2.05, 4.69) is 4.98 Å². The molecule has 1 aromatic heterocycles. The molecule has 1 atom stereocenters. The van der Waals surface area contributed by atoms with Crippen molar-refractivity contribution >= 4 is 5.91 Å². The molecule has 0 spiro atoms. The lowest BCUT2D eigenvalue weighted by Crippen LogP contribution is -2.29. The number of hydrogen-bond donors (Lipinski definition) is 0. The molecule has 1 aliphatic heterocycles. The third-order valence-electron chi connectivity index (χ3n) is 6.06. The Hall–Kier alpha value is -3.35. The monoisotopic (exact) mass is 437 g/mol. The molecule has 6 nitrogen and oxygen atoms in total. The van der Waals surface area contributed by atoms with Crippen molar-refractivity contribution in [2.75, 3.05) is 27.8 Å². The first-order valence-corrected chi connectivity index (χ1v) is 10.8. The molecule has 1 unspecified atom stereocenters. The number of likely N-dealkylation sites (N-methyl/N-ethyl adjacent to an activating group) is 1. The molecule has 0 radical (unpaired) electrons. The zero-order chi connectivity index (χ0) is 22.7. The molecule has 32 heavy (non-hydrogen) atoms. The molecule has 1 amide bonds. The van der Waals surface area contributed by atoms with Crippen molar-refractivity contribution in [1.29, 1.82) is 0 Å². The van der Waals surface area contributed by atoms with E-state index >= 15 is 0 Å². The number of hydrogen-bond acceptors (Lipinski definition) is 4. The summed E-state index contributed by atoms with van der Waals surface area (Å²) in [5.41, 5.74) is 2.50. The number of carbonyl (C=O) groups is 1. The minimum Gasteiger partial charge on any atom is -0.493 e. The van der Waals surface area contributed by atoms with E-state index < -0.39 is 0 Å². The largest absolute Gasteiger partial charge is 0.493 e. The van der Waals surface area contributed by atoms with Gasteiger partial charge in [-0.3, -0.25) is 4.79 Å². The van der Waals surface area contributed by atoms with Crippen LogP contribution in [0.3, 0.4) is 0 Å². The summed E-state index contributed by atoms with van der Waals surface area (Å²) >= 11 is 0. The maximum absolute atomic E-state index is 13.6. The van der Waals surface area contributed by atoms with Crippen LogP contribution >= 0.6 is 0 Å². The average Bonchev–Trinajstić information content (AvgIpc) is 3.25. The normalized spacial score (nSPS) is 15.2. The molecule has 168 valence electrons. The molecule has 2 aromatic carbocycles. The van der Waals surface area contributed by atoms with Gasteiger partial charge in [0.15, 0.2) is 11.5 Å². The van der Waals surface area contributed by atoms with Crippen LogP contribution < -0.4 is 9.47 Å². The van der Waals surface area contributed by atoms with E-state index in [9.17, 15) is 9.18 Å². The zero-order valence-electron chi connectivity index (χ0n) is 18.7. The van der Waals surface area contributed by atoms with Crippen molar-refractivity contribution in [2.24, 2.45) is 0 Å². The summed E-state index contributed by atoms with van der Waals surface area (Å²) in [6.07, 6.45) is 4.18. The van der Waals surface area contributed by atoms with Crippen LogP contribution in [-0.2, 0) is 19.4 Å². The van der Waals surface area contributed by atoms with E-state index in [0.717, 1.165) is 29.8 Å². The van der Waals surface area contributed by atoms with Crippen LogP contribution in [0.4, 0.5) is 4.39 Å². The summed E-state index contributed by atoms with van der Waals surface area (Å²) in [5.74, 6) is 2.17. The molecular weight excluding hydrogens is 409 g/mol. The van der Waals surface area contributed by atoms with Crippen molar-refractivity contribution in [2.45, 2.75) is 31.7 Å². The van der Waals surface area contributed by atoms with Gasteiger partial charge in [-0.25, -0.2) is 9.37 Å². The Morgan fingerprint density at radius 1 is 1.19 bits per heavy atom. The molecule has 1 aliphatic rings. The number of aromatic nitrogens is 2. The lowest BCUT2D eigenvalue weighted by molar-refractivity contribution is 0.0791. The maximum atomic E-state index is 13.6. The molecule has 4 rings (SSSR count). The number of imidazole rings is 1. The fourth-order valence-corrected chi connectivity index (χ4v) is 4.21. The minimum atomic E-state index is -0.217. The third-order valence-corrected chi connectivity index (χ3v) is 6.06. The maximum Gasteiger partial charge on any atom is 0.273 e. The van der Waals surface area contributed by atoms with Gasteiger partial charge in [0.25, 0.3) is 5.91 Å². The lowest BCUT2D eigenvalue weighted by atomic mass is 9.91. The van der Waals surface area contributed by atoms with Gasteiger partial charge in [-0.05, 0) is 48.2 Å². The Bertz CT molecular complexity index is 1110. The van der Waals surface area contributed by atoms with Gasteiger partial charge in [0.05, 0.1) is 14.2 Å². The van der Waals surface area contributed by atoms with Crippen molar-refractivity contribution in [3.8, 4) is 11.5 Å². The van der Waals surface area contributed by atoms with E-state index in [-0.39, 0.29) is 17.6 Å². The van der Waals surface area contributed by atoms with Gasteiger partial charge in [0.2, 0.25) is 0 Å². The van der Waals surface area contributed by atoms with Crippen LogP contribution in [0.5, 0.6) is 11.5 Å². The number of nitrogens with zero attached hydrogens (tertiary/aromatic N) is 3. The van der Waals surface area contributed by atoms with Crippen LogP contribution in [0.1, 0.15) is 39.8 Å². The average molecular weight is 438 g/mol. The molecule has 0 fully saturated rings. The third kappa shape index (κ3) is 4.61. The van der Waals surface area contributed by atoms with E-state index in [1.165, 1.54) is 6.07 Å². The minimum absolute atomic E-state index is 0.102. The first-order valence-electron chi connectivity index (χ1n) is 10.8. The topological polar surface area (TPSA) is 56.6 Å². The van der Waals surface area contributed by atoms with E-state index in [1.807, 2.05) is 35.0 Å². The molecule has 3 aromatic rings. The summed E-state index contributed by atoms with van der Waals surface area (Å²) in [6.45, 7) is 1.26. The number of aryl methyl sites for hydroxylation is 1. The highest BCUT2D eigenvalue weighted by Gasteiger charge is 2.24. The molecule has 0 saturated heterocycles. The SMILES string of the molecule is COc1ccc(CCN(C)C(=O)c2cn3c(n2)CCC(c2cccc(F)c2)C3)cc1OC.